The second kappa shape index (κ2) is 8.00. The van der Waals surface area contributed by atoms with Gasteiger partial charge in [-0.1, -0.05) is 48.5 Å². The van der Waals surface area contributed by atoms with Crippen molar-refractivity contribution >= 4 is 6.09 Å². The zero-order chi connectivity index (χ0) is 15.0. The molecule has 0 aliphatic heterocycles. The lowest BCUT2D eigenvalue weighted by Gasteiger charge is -2.07. The lowest BCUT2D eigenvalue weighted by Crippen LogP contribution is -2.11. The van der Waals surface area contributed by atoms with Crippen LogP contribution >= 0.6 is 0 Å². The molecular weight excluding hydrogens is 250 g/mol. The van der Waals surface area contributed by atoms with Crippen molar-refractivity contribution in [2.45, 2.75) is 20.8 Å². The number of primary amides is 1. The number of hydrogen-bond donors (Lipinski definition) is 1. The highest BCUT2D eigenvalue weighted by Crippen LogP contribution is 2.24. The number of ether oxygens (including phenoxy) is 1. The summed E-state index contributed by atoms with van der Waals surface area (Å²) in [6.07, 6.45) is -0.711. The van der Waals surface area contributed by atoms with E-state index < -0.39 is 6.09 Å². The third-order valence-electron chi connectivity index (χ3n) is 2.98. The van der Waals surface area contributed by atoms with Crippen LogP contribution < -0.4 is 5.73 Å². The normalized spacial score (nSPS) is 9.35. The van der Waals surface area contributed by atoms with Crippen molar-refractivity contribution < 1.29 is 9.53 Å². The summed E-state index contributed by atoms with van der Waals surface area (Å²) in [6, 6.07) is 17.0. The summed E-state index contributed by atoms with van der Waals surface area (Å²) in [6.45, 7) is 6.39. The largest absolute Gasteiger partial charge is 0.450 e. The Morgan fingerprint density at radius 1 is 1.05 bits per heavy atom. The van der Waals surface area contributed by atoms with E-state index in [4.69, 9.17) is 0 Å². The number of hydrogen-bond acceptors (Lipinski definition) is 2. The van der Waals surface area contributed by atoms with E-state index in [2.05, 4.69) is 72.8 Å². The van der Waals surface area contributed by atoms with E-state index in [-0.39, 0.29) is 0 Å². The van der Waals surface area contributed by atoms with Gasteiger partial charge in [0, 0.05) is 0 Å². The number of carbonyl (C=O) groups excluding carboxylic acids is 1. The van der Waals surface area contributed by atoms with Crippen LogP contribution in [0.1, 0.15) is 18.1 Å². The maximum Gasteiger partial charge on any atom is 0.404 e. The van der Waals surface area contributed by atoms with E-state index in [1.54, 1.807) is 6.92 Å². The number of rotatable bonds is 2. The summed E-state index contributed by atoms with van der Waals surface area (Å²) in [5.74, 6) is 0. The van der Waals surface area contributed by atoms with Gasteiger partial charge >= 0.3 is 6.09 Å². The van der Waals surface area contributed by atoms with E-state index in [0.29, 0.717) is 6.61 Å². The molecule has 2 rings (SSSR count). The molecule has 1 amide bonds. The molecule has 2 aromatic carbocycles. The molecule has 0 radical (unpaired) electrons. The molecule has 3 nitrogen and oxygen atoms in total. The minimum atomic E-state index is -0.711. The van der Waals surface area contributed by atoms with Gasteiger partial charge in [-0.05, 0) is 43.0 Å². The summed E-state index contributed by atoms with van der Waals surface area (Å²) >= 11 is 0. The zero-order valence-corrected chi connectivity index (χ0v) is 12.2. The molecule has 2 aromatic rings. The van der Waals surface area contributed by atoms with Gasteiger partial charge in [0.25, 0.3) is 0 Å². The fourth-order valence-corrected chi connectivity index (χ4v) is 1.82. The van der Waals surface area contributed by atoms with Crippen LogP contribution in [0.3, 0.4) is 0 Å². The predicted octanol–water partition coefficient (Wildman–Crippen LogP) is 4.07. The van der Waals surface area contributed by atoms with E-state index in [1.165, 1.54) is 22.3 Å². The van der Waals surface area contributed by atoms with E-state index >= 15 is 0 Å². The summed E-state index contributed by atoms with van der Waals surface area (Å²) in [4.78, 5) is 9.60. The van der Waals surface area contributed by atoms with Crippen molar-refractivity contribution in [2.75, 3.05) is 6.61 Å². The van der Waals surface area contributed by atoms with Gasteiger partial charge in [-0.25, -0.2) is 4.79 Å². The summed E-state index contributed by atoms with van der Waals surface area (Å²) in [5.41, 5.74) is 9.91. The minimum Gasteiger partial charge on any atom is -0.450 e. The van der Waals surface area contributed by atoms with E-state index in [0.717, 1.165) is 0 Å². The molecule has 0 aliphatic rings. The first-order valence-electron chi connectivity index (χ1n) is 6.60. The Labute approximate surface area is 120 Å². The van der Waals surface area contributed by atoms with Gasteiger partial charge in [0.15, 0.2) is 0 Å². The molecule has 106 valence electrons. The van der Waals surface area contributed by atoms with Crippen LogP contribution in [-0.4, -0.2) is 12.7 Å². The van der Waals surface area contributed by atoms with Crippen molar-refractivity contribution in [3.8, 4) is 11.1 Å². The Kier molecular flexibility index (Phi) is 6.30. The number of aryl methyl sites for hydroxylation is 1. The second-order valence-electron chi connectivity index (χ2n) is 4.37. The highest BCUT2D eigenvalue weighted by molar-refractivity contribution is 5.68. The van der Waals surface area contributed by atoms with Crippen LogP contribution in [0.25, 0.3) is 11.1 Å². The molecule has 20 heavy (non-hydrogen) atoms. The first kappa shape index (κ1) is 15.8. The SMILES string of the molecule is CCOC(N)=O.Cc1cccc(-c2ccccc2)c1C. The molecule has 0 heterocycles. The van der Waals surface area contributed by atoms with Gasteiger partial charge in [0.05, 0.1) is 6.61 Å². The van der Waals surface area contributed by atoms with Crippen molar-refractivity contribution in [3.05, 3.63) is 59.7 Å². The highest BCUT2D eigenvalue weighted by atomic mass is 16.5. The van der Waals surface area contributed by atoms with Gasteiger partial charge in [0.2, 0.25) is 0 Å². The van der Waals surface area contributed by atoms with Crippen molar-refractivity contribution in [1.82, 2.24) is 0 Å². The number of nitrogens with two attached hydrogens (primary N) is 1. The molecule has 3 heteroatoms. The Balaban J connectivity index is 0.000000286. The smallest absolute Gasteiger partial charge is 0.404 e. The number of benzene rings is 2. The molecule has 0 fully saturated rings. The van der Waals surface area contributed by atoms with Gasteiger partial charge in [0.1, 0.15) is 0 Å². The second-order valence-corrected chi connectivity index (χ2v) is 4.37. The van der Waals surface area contributed by atoms with Crippen molar-refractivity contribution in [1.29, 1.82) is 0 Å². The Bertz CT molecular complexity index is 550. The van der Waals surface area contributed by atoms with E-state index in [1.807, 2.05) is 0 Å². The summed E-state index contributed by atoms with van der Waals surface area (Å²) in [7, 11) is 0. The van der Waals surface area contributed by atoms with Gasteiger partial charge in [-0.15, -0.1) is 0 Å². The molecule has 0 bridgehead atoms. The Morgan fingerprint density at radius 3 is 2.20 bits per heavy atom. The lowest BCUT2D eigenvalue weighted by molar-refractivity contribution is 0.163. The molecule has 0 atom stereocenters. The van der Waals surface area contributed by atoms with Crippen LogP contribution in [0.2, 0.25) is 0 Å². The molecule has 0 spiro atoms. The van der Waals surface area contributed by atoms with Gasteiger partial charge in [-0.2, -0.15) is 0 Å². The summed E-state index contributed by atoms with van der Waals surface area (Å²) < 4.78 is 4.18. The van der Waals surface area contributed by atoms with Crippen LogP contribution in [0.5, 0.6) is 0 Å². The lowest BCUT2D eigenvalue weighted by atomic mass is 9.97. The molecule has 2 N–H and O–H groups in total. The first-order valence-corrected chi connectivity index (χ1v) is 6.60. The number of amides is 1. The fourth-order valence-electron chi connectivity index (χ4n) is 1.82. The first-order chi connectivity index (χ1) is 9.56. The van der Waals surface area contributed by atoms with Gasteiger partial charge in [-0.3, -0.25) is 0 Å². The maximum atomic E-state index is 9.60. The number of carbonyl (C=O) groups is 1. The molecule has 0 saturated carbocycles. The fraction of sp³-hybridized carbons (Fsp3) is 0.235. The van der Waals surface area contributed by atoms with Crippen molar-refractivity contribution in [2.24, 2.45) is 5.73 Å². The molecule has 0 aliphatic carbocycles. The molecule has 0 aromatic heterocycles. The molecular formula is C17H21NO2. The van der Waals surface area contributed by atoms with Crippen LogP contribution in [0.4, 0.5) is 4.79 Å². The average molecular weight is 271 g/mol. The zero-order valence-electron chi connectivity index (χ0n) is 12.2. The van der Waals surface area contributed by atoms with Crippen molar-refractivity contribution in [3.63, 3.8) is 0 Å². The standard InChI is InChI=1S/C14H14.C3H7NO2/c1-11-7-6-10-14(12(11)2)13-8-4-3-5-9-13;1-2-6-3(4)5/h3-10H,1-2H3;2H2,1H3,(H2,4,5). The third-order valence-corrected chi connectivity index (χ3v) is 2.98. The molecule has 0 unspecified atom stereocenters. The Hall–Kier alpha value is -2.29. The highest BCUT2D eigenvalue weighted by Gasteiger charge is 2.01. The Morgan fingerprint density at radius 2 is 1.70 bits per heavy atom. The van der Waals surface area contributed by atoms with Crippen LogP contribution in [0.15, 0.2) is 48.5 Å². The van der Waals surface area contributed by atoms with E-state index in [9.17, 15) is 4.79 Å². The quantitative estimate of drug-likeness (QED) is 0.895. The molecule has 0 saturated heterocycles. The third kappa shape index (κ3) is 4.76. The topological polar surface area (TPSA) is 52.3 Å². The maximum absolute atomic E-state index is 9.60. The van der Waals surface area contributed by atoms with Crippen LogP contribution in [0, 0.1) is 13.8 Å². The average Bonchev–Trinajstić information content (AvgIpc) is 2.43. The summed E-state index contributed by atoms with van der Waals surface area (Å²) in [5, 5.41) is 0. The minimum absolute atomic E-state index is 0.356. The van der Waals surface area contributed by atoms with Gasteiger partial charge < -0.3 is 10.5 Å². The monoisotopic (exact) mass is 271 g/mol. The predicted molar refractivity (Wildman–Crippen MR) is 82.6 cm³/mol. The van der Waals surface area contributed by atoms with Crippen LogP contribution in [-0.2, 0) is 4.74 Å².